The largest absolute Gasteiger partial charge is 0.493 e. The lowest BCUT2D eigenvalue weighted by molar-refractivity contribution is 0.325. The Morgan fingerprint density at radius 2 is 1.65 bits per heavy atom. The molecule has 0 fully saturated rings. The molecule has 0 aromatic heterocycles. The molecule has 0 bridgehead atoms. The van der Waals surface area contributed by atoms with Gasteiger partial charge in [-0.15, -0.1) is 0 Å². The topological polar surface area (TPSA) is 47.7 Å². The van der Waals surface area contributed by atoms with Crippen LogP contribution in [-0.4, -0.2) is 39.3 Å². The molecule has 0 spiro atoms. The average molecular weight is 357 g/mol. The fraction of sp³-hybridized carbons (Fsp3) is 0.455. The third kappa shape index (κ3) is 6.36. The standard InChI is InChI=1S/C22H32N2O2/c1-24(15-8-7-11-20(23)19-9-5-4-6-10-19)16-14-18-12-13-21(25-2)22(17-18)26-3/h4-6,9-10,12-13,17,20H,7-8,11,14-16,23H2,1-3H3. The fourth-order valence-electron chi connectivity index (χ4n) is 3.08. The summed E-state index contributed by atoms with van der Waals surface area (Å²) < 4.78 is 10.7. The van der Waals surface area contributed by atoms with E-state index in [-0.39, 0.29) is 6.04 Å². The van der Waals surface area contributed by atoms with E-state index in [1.807, 2.05) is 12.1 Å². The van der Waals surface area contributed by atoms with Gasteiger partial charge in [-0.25, -0.2) is 0 Å². The van der Waals surface area contributed by atoms with E-state index in [2.05, 4.69) is 48.3 Å². The number of ether oxygens (including phenoxy) is 2. The van der Waals surface area contributed by atoms with E-state index in [0.717, 1.165) is 43.9 Å². The minimum atomic E-state index is 0.147. The lowest BCUT2D eigenvalue weighted by atomic mass is 10.0. The molecule has 4 heteroatoms. The molecule has 2 rings (SSSR count). The lowest BCUT2D eigenvalue weighted by Gasteiger charge is -2.18. The van der Waals surface area contributed by atoms with Gasteiger partial charge in [0.1, 0.15) is 0 Å². The van der Waals surface area contributed by atoms with Crippen molar-refractivity contribution in [2.45, 2.75) is 31.7 Å². The molecule has 1 atom stereocenters. The summed E-state index contributed by atoms with van der Waals surface area (Å²) in [5.74, 6) is 1.57. The highest BCUT2D eigenvalue weighted by Crippen LogP contribution is 2.27. The van der Waals surface area contributed by atoms with Gasteiger partial charge < -0.3 is 20.1 Å². The zero-order chi connectivity index (χ0) is 18.8. The van der Waals surface area contributed by atoms with Gasteiger partial charge in [-0.05, 0) is 56.1 Å². The molecule has 0 saturated carbocycles. The molecule has 26 heavy (non-hydrogen) atoms. The molecular formula is C22H32N2O2. The Balaban J connectivity index is 1.67. The van der Waals surface area contributed by atoms with Crippen LogP contribution in [0.25, 0.3) is 0 Å². The van der Waals surface area contributed by atoms with E-state index in [4.69, 9.17) is 15.2 Å². The summed E-state index contributed by atoms with van der Waals surface area (Å²) in [4.78, 5) is 2.38. The summed E-state index contributed by atoms with van der Waals surface area (Å²) >= 11 is 0. The van der Waals surface area contributed by atoms with Crippen LogP contribution < -0.4 is 15.2 Å². The van der Waals surface area contributed by atoms with E-state index >= 15 is 0 Å². The van der Waals surface area contributed by atoms with Gasteiger partial charge >= 0.3 is 0 Å². The van der Waals surface area contributed by atoms with Crippen LogP contribution >= 0.6 is 0 Å². The van der Waals surface area contributed by atoms with Crippen molar-refractivity contribution in [3.63, 3.8) is 0 Å². The predicted molar refractivity (Wildman–Crippen MR) is 108 cm³/mol. The maximum atomic E-state index is 6.26. The number of hydrogen-bond donors (Lipinski definition) is 1. The van der Waals surface area contributed by atoms with Crippen molar-refractivity contribution in [3.8, 4) is 11.5 Å². The molecule has 0 amide bonds. The molecule has 0 aliphatic carbocycles. The molecule has 2 aromatic rings. The van der Waals surface area contributed by atoms with Gasteiger partial charge in [0, 0.05) is 12.6 Å². The Morgan fingerprint density at radius 1 is 0.923 bits per heavy atom. The molecule has 2 N–H and O–H groups in total. The van der Waals surface area contributed by atoms with E-state index in [1.54, 1.807) is 14.2 Å². The number of hydrogen-bond acceptors (Lipinski definition) is 4. The van der Waals surface area contributed by atoms with Gasteiger partial charge in [-0.3, -0.25) is 0 Å². The maximum absolute atomic E-state index is 6.26. The number of benzene rings is 2. The van der Waals surface area contributed by atoms with Gasteiger partial charge in [0.2, 0.25) is 0 Å². The first-order valence-electron chi connectivity index (χ1n) is 9.34. The summed E-state index contributed by atoms with van der Waals surface area (Å²) in [5.41, 5.74) is 8.76. The lowest BCUT2D eigenvalue weighted by Crippen LogP contribution is -2.22. The van der Waals surface area contributed by atoms with Crippen molar-refractivity contribution < 1.29 is 9.47 Å². The number of unbranched alkanes of at least 4 members (excludes halogenated alkanes) is 1. The molecular weight excluding hydrogens is 324 g/mol. The van der Waals surface area contributed by atoms with E-state index < -0.39 is 0 Å². The van der Waals surface area contributed by atoms with Crippen LogP contribution in [0.15, 0.2) is 48.5 Å². The highest BCUT2D eigenvalue weighted by Gasteiger charge is 2.07. The number of nitrogens with two attached hydrogens (primary N) is 1. The number of rotatable bonds is 11. The third-order valence-electron chi connectivity index (χ3n) is 4.76. The summed E-state index contributed by atoms with van der Waals surface area (Å²) in [6.45, 7) is 2.12. The van der Waals surface area contributed by atoms with Gasteiger partial charge in [-0.1, -0.05) is 42.8 Å². The molecule has 0 heterocycles. The van der Waals surface area contributed by atoms with Crippen molar-refractivity contribution in [2.75, 3.05) is 34.4 Å². The van der Waals surface area contributed by atoms with Gasteiger partial charge in [0.05, 0.1) is 14.2 Å². The van der Waals surface area contributed by atoms with Crippen LogP contribution in [0.4, 0.5) is 0 Å². The minimum absolute atomic E-state index is 0.147. The van der Waals surface area contributed by atoms with Gasteiger partial charge in [0.25, 0.3) is 0 Å². The van der Waals surface area contributed by atoms with Crippen LogP contribution in [0.3, 0.4) is 0 Å². The molecule has 0 saturated heterocycles. The predicted octanol–water partition coefficient (Wildman–Crippen LogP) is 4.05. The smallest absolute Gasteiger partial charge is 0.160 e. The van der Waals surface area contributed by atoms with Gasteiger partial charge in [0.15, 0.2) is 11.5 Å². The first-order valence-corrected chi connectivity index (χ1v) is 9.34. The van der Waals surface area contributed by atoms with E-state index in [1.165, 1.54) is 17.5 Å². The van der Waals surface area contributed by atoms with Crippen LogP contribution in [-0.2, 0) is 6.42 Å². The second-order valence-corrected chi connectivity index (χ2v) is 6.76. The summed E-state index contributed by atoms with van der Waals surface area (Å²) in [6.07, 6.45) is 4.35. The third-order valence-corrected chi connectivity index (χ3v) is 4.76. The quantitative estimate of drug-likeness (QED) is 0.617. The number of likely N-dealkylation sites (N-methyl/N-ethyl adjacent to an activating group) is 1. The maximum Gasteiger partial charge on any atom is 0.160 e. The molecule has 1 unspecified atom stereocenters. The van der Waals surface area contributed by atoms with Crippen LogP contribution in [0.5, 0.6) is 11.5 Å². The molecule has 2 aromatic carbocycles. The second-order valence-electron chi connectivity index (χ2n) is 6.76. The SMILES string of the molecule is COc1ccc(CCN(C)CCCCC(N)c2ccccc2)cc1OC. The molecule has 0 radical (unpaired) electrons. The van der Waals surface area contributed by atoms with Gasteiger partial charge in [-0.2, -0.15) is 0 Å². The van der Waals surface area contributed by atoms with E-state index in [0.29, 0.717) is 0 Å². The molecule has 0 aliphatic rings. The second kappa shape index (κ2) is 10.8. The molecule has 0 aliphatic heterocycles. The van der Waals surface area contributed by atoms with Crippen LogP contribution in [0, 0.1) is 0 Å². The Hall–Kier alpha value is -2.04. The van der Waals surface area contributed by atoms with Crippen molar-refractivity contribution >= 4 is 0 Å². The highest BCUT2D eigenvalue weighted by molar-refractivity contribution is 5.42. The average Bonchev–Trinajstić information content (AvgIpc) is 2.69. The van der Waals surface area contributed by atoms with Crippen molar-refractivity contribution in [3.05, 3.63) is 59.7 Å². The number of nitrogens with zero attached hydrogens (tertiary/aromatic N) is 1. The highest BCUT2D eigenvalue weighted by atomic mass is 16.5. The normalized spacial score (nSPS) is 12.2. The Labute approximate surface area is 157 Å². The Morgan fingerprint density at radius 3 is 2.35 bits per heavy atom. The van der Waals surface area contributed by atoms with Crippen LogP contribution in [0.2, 0.25) is 0 Å². The first kappa shape index (κ1) is 20.3. The summed E-state index contributed by atoms with van der Waals surface area (Å²) in [7, 11) is 5.51. The van der Waals surface area contributed by atoms with Crippen molar-refractivity contribution in [2.24, 2.45) is 5.73 Å². The summed E-state index contributed by atoms with van der Waals surface area (Å²) in [6, 6.07) is 16.6. The number of methoxy groups -OCH3 is 2. The molecule has 4 nitrogen and oxygen atoms in total. The fourth-order valence-corrected chi connectivity index (χ4v) is 3.08. The van der Waals surface area contributed by atoms with Crippen LogP contribution in [0.1, 0.15) is 36.4 Å². The summed E-state index contributed by atoms with van der Waals surface area (Å²) in [5, 5.41) is 0. The van der Waals surface area contributed by atoms with Crippen molar-refractivity contribution in [1.29, 1.82) is 0 Å². The minimum Gasteiger partial charge on any atom is -0.493 e. The zero-order valence-electron chi connectivity index (χ0n) is 16.3. The first-order chi connectivity index (χ1) is 12.6. The Bertz CT molecular complexity index is 646. The monoisotopic (exact) mass is 356 g/mol. The zero-order valence-corrected chi connectivity index (χ0v) is 16.3. The Kier molecular flexibility index (Phi) is 8.45. The van der Waals surface area contributed by atoms with E-state index in [9.17, 15) is 0 Å². The molecule has 142 valence electrons. The van der Waals surface area contributed by atoms with Crippen molar-refractivity contribution in [1.82, 2.24) is 4.90 Å².